The highest BCUT2D eigenvalue weighted by Crippen LogP contribution is 2.29. The van der Waals surface area contributed by atoms with Crippen LogP contribution >= 0.6 is 11.8 Å². The van der Waals surface area contributed by atoms with Gasteiger partial charge >= 0.3 is 0 Å². The van der Waals surface area contributed by atoms with Gasteiger partial charge in [-0.3, -0.25) is 4.79 Å². The average molecular weight is 284 g/mol. The molecule has 1 unspecified atom stereocenters. The van der Waals surface area contributed by atoms with E-state index >= 15 is 0 Å². The van der Waals surface area contributed by atoms with E-state index in [4.69, 9.17) is 0 Å². The van der Waals surface area contributed by atoms with Crippen LogP contribution in [0.4, 0.5) is 0 Å². The van der Waals surface area contributed by atoms with Gasteiger partial charge in [0.15, 0.2) is 5.78 Å². The molecule has 2 heteroatoms. The summed E-state index contributed by atoms with van der Waals surface area (Å²) in [4.78, 5) is 13.8. The number of aryl methyl sites for hydroxylation is 1. The van der Waals surface area contributed by atoms with Crippen molar-refractivity contribution >= 4 is 17.5 Å². The van der Waals surface area contributed by atoms with E-state index in [0.717, 1.165) is 18.4 Å². The van der Waals surface area contributed by atoms with E-state index in [1.54, 1.807) is 11.8 Å². The summed E-state index contributed by atoms with van der Waals surface area (Å²) >= 11 is 1.68. The predicted octanol–water partition coefficient (Wildman–Crippen LogP) is 5.14. The monoisotopic (exact) mass is 284 g/mol. The Hall–Kier alpha value is -1.54. The first kappa shape index (κ1) is 14.9. The summed E-state index contributed by atoms with van der Waals surface area (Å²) in [7, 11) is 0. The first-order valence-electron chi connectivity index (χ1n) is 7.03. The summed E-state index contributed by atoms with van der Waals surface area (Å²) in [6, 6.07) is 18.0. The SMILES string of the molecule is CCCC(Sc1ccc(C)cc1)C(=O)c1ccccc1. The van der Waals surface area contributed by atoms with Crippen molar-refractivity contribution in [3.63, 3.8) is 0 Å². The van der Waals surface area contributed by atoms with E-state index in [9.17, 15) is 4.79 Å². The van der Waals surface area contributed by atoms with Crippen LogP contribution in [0, 0.1) is 6.92 Å². The standard InChI is InChI=1S/C18H20OS/c1-3-7-17(18(19)15-8-5-4-6-9-15)20-16-12-10-14(2)11-13-16/h4-6,8-13,17H,3,7H2,1-2H3. The van der Waals surface area contributed by atoms with Crippen molar-refractivity contribution in [3.05, 3.63) is 65.7 Å². The molecule has 0 amide bonds. The maximum Gasteiger partial charge on any atom is 0.176 e. The fourth-order valence-corrected chi connectivity index (χ4v) is 3.29. The van der Waals surface area contributed by atoms with Crippen molar-refractivity contribution in [3.8, 4) is 0 Å². The van der Waals surface area contributed by atoms with Gasteiger partial charge in [-0.05, 0) is 25.5 Å². The number of rotatable bonds is 6. The van der Waals surface area contributed by atoms with E-state index in [1.165, 1.54) is 10.5 Å². The van der Waals surface area contributed by atoms with Crippen molar-refractivity contribution < 1.29 is 4.79 Å². The van der Waals surface area contributed by atoms with Crippen LogP contribution in [0.5, 0.6) is 0 Å². The third-order valence-electron chi connectivity index (χ3n) is 3.20. The van der Waals surface area contributed by atoms with Gasteiger partial charge in [0.2, 0.25) is 0 Å². The Morgan fingerprint density at radius 2 is 1.70 bits per heavy atom. The van der Waals surface area contributed by atoms with Crippen LogP contribution in [0.1, 0.15) is 35.7 Å². The highest BCUT2D eigenvalue weighted by atomic mass is 32.2. The van der Waals surface area contributed by atoms with Gasteiger partial charge in [-0.2, -0.15) is 0 Å². The number of Topliss-reactive ketones (excluding diaryl/α,β-unsaturated/α-hetero) is 1. The van der Waals surface area contributed by atoms with Crippen LogP contribution in [0.15, 0.2) is 59.5 Å². The minimum atomic E-state index is 0.00473. The van der Waals surface area contributed by atoms with Gasteiger partial charge in [0.05, 0.1) is 5.25 Å². The average Bonchev–Trinajstić information content (AvgIpc) is 2.49. The molecule has 0 N–H and O–H groups in total. The first-order chi connectivity index (χ1) is 9.70. The smallest absolute Gasteiger partial charge is 0.176 e. The van der Waals surface area contributed by atoms with Crippen molar-refractivity contribution in [2.24, 2.45) is 0 Å². The molecule has 2 rings (SSSR count). The zero-order valence-corrected chi connectivity index (χ0v) is 12.8. The molecule has 2 aromatic rings. The highest BCUT2D eigenvalue weighted by molar-refractivity contribution is 8.00. The summed E-state index contributed by atoms with van der Waals surface area (Å²) in [5, 5.41) is 0.00473. The summed E-state index contributed by atoms with van der Waals surface area (Å²) < 4.78 is 0. The fraction of sp³-hybridized carbons (Fsp3) is 0.278. The lowest BCUT2D eigenvalue weighted by Gasteiger charge is -2.15. The quantitative estimate of drug-likeness (QED) is 0.540. The molecule has 0 radical (unpaired) electrons. The van der Waals surface area contributed by atoms with Gasteiger partial charge in [0.1, 0.15) is 0 Å². The topological polar surface area (TPSA) is 17.1 Å². The summed E-state index contributed by atoms with van der Waals surface area (Å²) in [6.07, 6.45) is 1.92. The maximum atomic E-state index is 12.6. The van der Waals surface area contributed by atoms with Crippen LogP contribution in [-0.2, 0) is 0 Å². The van der Waals surface area contributed by atoms with E-state index in [1.807, 2.05) is 30.3 Å². The Kier molecular flexibility index (Phi) is 5.42. The van der Waals surface area contributed by atoms with Crippen molar-refractivity contribution in [1.82, 2.24) is 0 Å². The van der Waals surface area contributed by atoms with Gasteiger partial charge < -0.3 is 0 Å². The number of benzene rings is 2. The molecule has 0 spiro atoms. The predicted molar refractivity (Wildman–Crippen MR) is 86.5 cm³/mol. The molecule has 0 aliphatic rings. The third-order valence-corrected chi connectivity index (χ3v) is 4.48. The normalized spacial score (nSPS) is 12.1. The molecule has 0 bridgehead atoms. The molecule has 20 heavy (non-hydrogen) atoms. The Morgan fingerprint density at radius 3 is 2.30 bits per heavy atom. The Balaban J connectivity index is 2.14. The molecule has 1 atom stereocenters. The van der Waals surface area contributed by atoms with Gasteiger partial charge in [0, 0.05) is 10.5 Å². The summed E-state index contributed by atoms with van der Waals surface area (Å²) in [6.45, 7) is 4.20. The highest BCUT2D eigenvalue weighted by Gasteiger charge is 2.20. The molecular formula is C18H20OS. The zero-order chi connectivity index (χ0) is 14.4. The molecular weight excluding hydrogens is 264 g/mol. The molecule has 0 fully saturated rings. The number of carbonyl (C=O) groups is 1. The largest absolute Gasteiger partial charge is 0.293 e. The number of hydrogen-bond acceptors (Lipinski definition) is 2. The van der Waals surface area contributed by atoms with Gasteiger partial charge in [-0.25, -0.2) is 0 Å². The van der Waals surface area contributed by atoms with Crippen LogP contribution in [0.25, 0.3) is 0 Å². The van der Waals surface area contributed by atoms with Gasteiger partial charge in [-0.15, -0.1) is 11.8 Å². The Labute approximate surface area is 125 Å². The molecule has 0 aromatic heterocycles. The molecule has 0 heterocycles. The van der Waals surface area contributed by atoms with Crippen molar-refractivity contribution in [1.29, 1.82) is 0 Å². The number of carbonyl (C=O) groups excluding carboxylic acids is 1. The number of thioether (sulfide) groups is 1. The van der Waals surface area contributed by atoms with Crippen molar-refractivity contribution in [2.45, 2.75) is 36.8 Å². The lowest BCUT2D eigenvalue weighted by atomic mass is 10.1. The third kappa shape index (κ3) is 3.97. The lowest BCUT2D eigenvalue weighted by molar-refractivity contribution is 0.0986. The van der Waals surface area contributed by atoms with Crippen LogP contribution in [-0.4, -0.2) is 11.0 Å². The zero-order valence-electron chi connectivity index (χ0n) is 12.0. The Bertz CT molecular complexity index is 545. The van der Waals surface area contributed by atoms with Gasteiger partial charge in [-0.1, -0.05) is 61.4 Å². The molecule has 0 saturated carbocycles. The number of hydrogen-bond donors (Lipinski definition) is 0. The minimum absolute atomic E-state index is 0.00473. The molecule has 0 saturated heterocycles. The van der Waals surface area contributed by atoms with Crippen LogP contribution < -0.4 is 0 Å². The summed E-state index contributed by atoms with van der Waals surface area (Å²) in [5.74, 6) is 0.234. The molecule has 1 nitrogen and oxygen atoms in total. The molecule has 104 valence electrons. The second-order valence-corrected chi connectivity index (χ2v) is 6.21. The molecule has 2 aromatic carbocycles. The van der Waals surface area contributed by atoms with E-state index < -0.39 is 0 Å². The van der Waals surface area contributed by atoms with E-state index in [2.05, 4.69) is 38.1 Å². The second kappa shape index (κ2) is 7.30. The molecule has 0 aliphatic carbocycles. The first-order valence-corrected chi connectivity index (χ1v) is 7.91. The van der Waals surface area contributed by atoms with Crippen molar-refractivity contribution in [2.75, 3.05) is 0 Å². The second-order valence-electron chi connectivity index (χ2n) is 4.94. The fourth-order valence-electron chi connectivity index (χ4n) is 2.08. The van der Waals surface area contributed by atoms with Gasteiger partial charge in [0.25, 0.3) is 0 Å². The van der Waals surface area contributed by atoms with E-state index in [-0.39, 0.29) is 11.0 Å². The number of ketones is 1. The lowest BCUT2D eigenvalue weighted by Crippen LogP contribution is -2.17. The minimum Gasteiger partial charge on any atom is -0.293 e. The Morgan fingerprint density at radius 1 is 1.05 bits per heavy atom. The molecule has 0 aliphatic heterocycles. The summed E-state index contributed by atoms with van der Waals surface area (Å²) in [5.41, 5.74) is 2.06. The van der Waals surface area contributed by atoms with Crippen LogP contribution in [0.2, 0.25) is 0 Å². The van der Waals surface area contributed by atoms with E-state index in [0.29, 0.717) is 0 Å². The maximum absolute atomic E-state index is 12.6. The van der Waals surface area contributed by atoms with Crippen LogP contribution in [0.3, 0.4) is 0 Å².